The van der Waals surface area contributed by atoms with Crippen molar-refractivity contribution in [3.63, 3.8) is 0 Å². The van der Waals surface area contributed by atoms with E-state index in [4.69, 9.17) is 0 Å². The first-order valence-corrected chi connectivity index (χ1v) is 12.3. The van der Waals surface area contributed by atoms with Crippen LogP contribution in [0.25, 0.3) is 0 Å². The molecular weight excluding hydrogens is 410 g/mol. The summed E-state index contributed by atoms with van der Waals surface area (Å²) < 4.78 is 28.8. The van der Waals surface area contributed by atoms with E-state index < -0.39 is 10.0 Å². The lowest BCUT2D eigenvalue weighted by Crippen LogP contribution is -2.47. The fourth-order valence-corrected chi connectivity index (χ4v) is 5.76. The molecular formula is C24H33N3O3S. The zero-order valence-corrected chi connectivity index (χ0v) is 19.5. The highest BCUT2D eigenvalue weighted by Crippen LogP contribution is 2.25. The lowest BCUT2D eigenvalue weighted by atomic mass is 10.0. The number of carbonyl (C=O) groups excluding carboxylic acids is 1. The van der Waals surface area contributed by atoms with Gasteiger partial charge in [0.2, 0.25) is 15.9 Å². The van der Waals surface area contributed by atoms with Crippen molar-refractivity contribution in [1.29, 1.82) is 0 Å². The predicted molar refractivity (Wildman–Crippen MR) is 124 cm³/mol. The number of benzene rings is 2. The summed E-state index contributed by atoms with van der Waals surface area (Å²) in [6.07, 6.45) is 0.186. The van der Waals surface area contributed by atoms with Gasteiger partial charge in [-0.1, -0.05) is 49.4 Å². The number of sulfonamides is 1. The van der Waals surface area contributed by atoms with Crippen LogP contribution < -0.4 is 5.32 Å². The average Bonchev–Trinajstić information content (AvgIpc) is 2.78. The number of piperazine rings is 1. The van der Waals surface area contributed by atoms with Gasteiger partial charge >= 0.3 is 0 Å². The Bertz CT molecular complexity index is 986. The summed E-state index contributed by atoms with van der Waals surface area (Å²) >= 11 is 0. The first kappa shape index (κ1) is 23.4. The van der Waals surface area contributed by atoms with Gasteiger partial charge in [0.05, 0.1) is 4.90 Å². The smallest absolute Gasteiger partial charge is 0.243 e. The minimum Gasteiger partial charge on any atom is -0.340 e. The molecule has 0 bridgehead atoms. The maximum atomic E-state index is 13.7. The first-order valence-electron chi connectivity index (χ1n) is 10.9. The summed E-state index contributed by atoms with van der Waals surface area (Å²) in [5.41, 5.74) is 2.70. The van der Waals surface area contributed by atoms with Gasteiger partial charge in [0.25, 0.3) is 0 Å². The van der Waals surface area contributed by atoms with Crippen molar-refractivity contribution in [3.05, 3.63) is 65.2 Å². The summed E-state index contributed by atoms with van der Waals surface area (Å²) in [6.45, 7) is 9.14. The minimum atomic E-state index is -3.73. The number of aryl methyl sites for hydroxylation is 2. The topological polar surface area (TPSA) is 69.7 Å². The number of carbonyl (C=O) groups is 1. The van der Waals surface area contributed by atoms with Crippen molar-refractivity contribution in [1.82, 2.24) is 14.5 Å². The number of amides is 1. The van der Waals surface area contributed by atoms with E-state index in [9.17, 15) is 13.2 Å². The maximum Gasteiger partial charge on any atom is 0.243 e. The molecule has 7 heteroatoms. The van der Waals surface area contributed by atoms with E-state index in [0.29, 0.717) is 24.5 Å². The van der Waals surface area contributed by atoms with Crippen molar-refractivity contribution >= 4 is 15.9 Å². The molecule has 2 aromatic carbocycles. The molecule has 0 aromatic heterocycles. The first-order chi connectivity index (χ1) is 14.8. The Morgan fingerprint density at radius 1 is 1.10 bits per heavy atom. The third kappa shape index (κ3) is 5.93. The molecule has 0 radical (unpaired) electrons. The van der Waals surface area contributed by atoms with Gasteiger partial charge in [-0.05, 0) is 42.5 Å². The van der Waals surface area contributed by atoms with Crippen molar-refractivity contribution < 1.29 is 13.2 Å². The Morgan fingerprint density at radius 3 is 2.45 bits per heavy atom. The van der Waals surface area contributed by atoms with E-state index in [1.165, 1.54) is 4.31 Å². The molecule has 31 heavy (non-hydrogen) atoms. The molecule has 1 amide bonds. The second-order valence-electron chi connectivity index (χ2n) is 8.32. The third-order valence-electron chi connectivity index (χ3n) is 5.85. The standard InChI is InChI=1S/C24H33N3O3S/c1-19-9-10-20(2)23(17-19)31(29,30)27(18-21(3)22-7-5-4-6-8-22)14-11-24(28)26-15-12-25-13-16-26/h4-10,17,21,25H,11-16,18H2,1-3H3/t21-/m0/s1. The minimum absolute atomic E-state index is 0.00929. The average molecular weight is 444 g/mol. The summed E-state index contributed by atoms with van der Waals surface area (Å²) in [4.78, 5) is 14.9. The van der Waals surface area contributed by atoms with Crippen LogP contribution in [-0.2, 0) is 14.8 Å². The van der Waals surface area contributed by atoms with E-state index in [-0.39, 0.29) is 24.8 Å². The highest BCUT2D eigenvalue weighted by Gasteiger charge is 2.29. The van der Waals surface area contributed by atoms with Gasteiger partial charge in [-0.25, -0.2) is 8.42 Å². The highest BCUT2D eigenvalue weighted by molar-refractivity contribution is 7.89. The summed E-state index contributed by atoms with van der Waals surface area (Å²) in [5, 5.41) is 3.24. The largest absolute Gasteiger partial charge is 0.340 e. The lowest BCUT2D eigenvalue weighted by molar-refractivity contribution is -0.131. The monoisotopic (exact) mass is 443 g/mol. The summed E-state index contributed by atoms with van der Waals surface area (Å²) in [7, 11) is -3.73. The third-order valence-corrected chi connectivity index (χ3v) is 7.86. The molecule has 1 atom stereocenters. The van der Waals surface area contributed by atoms with Crippen LogP contribution in [0.2, 0.25) is 0 Å². The van der Waals surface area contributed by atoms with Crippen molar-refractivity contribution in [2.45, 2.75) is 38.0 Å². The molecule has 1 aliphatic heterocycles. The molecule has 1 aliphatic rings. The number of hydrogen-bond acceptors (Lipinski definition) is 4. The Balaban J connectivity index is 1.84. The van der Waals surface area contributed by atoms with Crippen LogP contribution in [-0.4, -0.2) is 62.8 Å². The fraction of sp³-hybridized carbons (Fsp3) is 0.458. The Labute approximate surface area is 186 Å². The van der Waals surface area contributed by atoms with Crippen LogP contribution in [0, 0.1) is 13.8 Å². The zero-order chi connectivity index (χ0) is 22.4. The van der Waals surface area contributed by atoms with Gasteiger partial charge in [-0.15, -0.1) is 0 Å². The van der Waals surface area contributed by atoms with Gasteiger partial charge in [-0.3, -0.25) is 4.79 Å². The van der Waals surface area contributed by atoms with E-state index in [1.54, 1.807) is 6.07 Å². The summed E-state index contributed by atoms with van der Waals surface area (Å²) in [6, 6.07) is 15.4. The normalized spacial score (nSPS) is 15.8. The Morgan fingerprint density at radius 2 is 1.77 bits per heavy atom. The second kappa shape index (κ2) is 10.4. The molecule has 1 N–H and O–H groups in total. The molecule has 168 valence electrons. The molecule has 0 spiro atoms. The van der Waals surface area contributed by atoms with Crippen LogP contribution in [0.5, 0.6) is 0 Å². The molecule has 1 saturated heterocycles. The van der Waals surface area contributed by atoms with Crippen LogP contribution in [0.3, 0.4) is 0 Å². The molecule has 0 aliphatic carbocycles. The van der Waals surface area contributed by atoms with Gasteiger partial charge in [0.15, 0.2) is 0 Å². The van der Waals surface area contributed by atoms with Crippen LogP contribution >= 0.6 is 0 Å². The van der Waals surface area contributed by atoms with Gasteiger partial charge in [-0.2, -0.15) is 4.31 Å². The maximum absolute atomic E-state index is 13.7. The predicted octanol–water partition coefficient (Wildman–Crippen LogP) is 2.92. The Hall–Kier alpha value is -2.22. The molecule has 1 fully saturated rings. The number of nitrogens with zero attached hydrogens (tertiary/aromatic N) is 2. The molecule has 2 aromatic rings. The van der Waals surface area contributed by atoms with E-state index in [0.717, 1.165) is 29.8 Å². The highest BCUT2D eigenvalue weighted by atomic mass is 32.2. The van der Waals surface area contributed by atoms with Crippen molar-refractivity contribution in [2.24, 2.45) is 0 Å². The number of nitrogens with one attached hydrogen (secondary N) is 1. The molecule has 0 saturated carbocycles. The molecule has 6 nitrogen and oxygen atoms in total. The van der Waals surface area contributed by atoms with Gasteiger partial charge in [0.1, 0.15) is 0 Å². The van der Waals surface area contributed by atoms with Crippen molar-refractivity contribution in [2.75, 3.05) is 39.3 Å². The zero-order valence-electron chi connectivity index (χ0n) is 18.7. The van der Waals surface area contributed by atoms with Crippen LogP contribution in [0.15, 0.2) is 53.4 Å². The molecule has 0 unspecified atom stereocenters. The van der Waals surface area contributed by atoms with E-state index in [1.807, 2.05) is 68.1 Å². The van der Waals surface area contributed by atoms with Crippen LogP contribution in [0.1, 0.15) is 36.0 Å². The van der Waals surface area contributed by atoms with Gasteiger partial charge < -0.3 is 10.2 Å². The Kier molecular flexibility index (Phi) is 7.86. The SMILES string of the molecule is Cc1ccc(C)c(S(=O)(=O)N(CCC(=O)N2CCNCC2)C[C@H](C)c2ccccc2)c1. The molecule has 1 heterocycles. The van der Waals surface area contributed by atoms with E-state index in [2.05, 4.69) is 5.32 Å². The van der Waals surface area contributed by atoms with Crippen LogP contribution in [0.4, 0.5) is 0 Å². The number of rotatable bonds is 8. The molecule has 3 rings (SSSR count). The fourth-order valence-electron chi connectivity index (χ4n) is 3.92. The van der Waals surface area contributed by atoms with E-state index >= 15 is 0 Å². The summed E-state index contributed by atoms with van der Waals surface area (Å²) in [5.74, 6) is 0.0189. The number of hydrogen-bond donors (Lipinski definition) is 1. The van der Waals surface area contributed by atoms with Gasteiger partial charge in [0, 0.05) is 45.7 Å². The van der Waals surface area contributed by atoms with Crippen molar-refractivity contribution in [3.8, 4) is 0 Å². The quantitative estimate of drug-likeness (QED) is 0.681. The second-order valence-corrected chi connectivity index (χ2v) is 10.2. The lowest BCUT2D eigenvalue weighted by Gasteiger charge is -2.30.